The molecule has 0 aliphatic carbocycles. The maximum absolute atomic E-state index is 12.4. The van der Waals surface area contributed by atoms with Gasteiger partial charge in [-0.15, -0.1) is 0 Å². The van der Waals surface area contributed by atoms with Crippen LogP contribution in [-0.4, -0.2) is 32.7 Å². The van der Waals surface area contributed by atoms with E-state index in [1.165, 1.54) is 14.2 Å². The summed E-state index contributed by atoms with van der Waals surface area (Å²) >= 11 is 0. The largest absolute Gasteiger partial charge is 0.493 e. The second-order valence-corrected chi connectivity index (χ2v) is 6.27. The average molecular weight is 369 g/mol. The monoisotopic (exact) mass is 369 g/mol. The van der Waals surface area contributed by atoms with E-state index >= 15 is 0 Å². The maximum atomic E-state index is 12.4. The molecule has 0 atom stereocenters. The average Bonchev–Trinajstić information content (AvgIpc) is 3.08. The van der Waals surface area contributed by atoms with Crippen molar-refractivity contribution < 1.29 is 19.1 Å². The number of hydrogen-bond acceptors (Lipinski definition) is 4. The standard InChI is InChI=1S/C20H23N3O4/c1-13-9-10-14(12-16(13)23-11-5-8-18(23)24)21-20(25)22-15-6-4-7-17(26-2)19(15)27-3/h4,6-7,9-10,12H,5,8,11H2,1-3H3,(H2,21,22,25). The zero-order valence-corrected chi connectivity index (χ0v) is 15.7. The highest BCUT2D eigenvalue weighted by molar-refractivity contribution is 6.02. The Morgan fingerprint density at radius 1 is 1.11 bits per heavy atom. The van der Waals surface area contributed by atoms with Crippen molar-refractivity contribution in [2.24, 2.45) is 0 Å². The van der Waals surface area contributed by atoms with E-state index in [1.807, 2.05) is 25.1 Å². The van der Waals surface area contributed by atoms with E-state index in [0.29, 0.717) is 35.8 Å². The first-order valence-corrected chi connectivity index (χ1v) is 8.73. The van der Waals surface area contributed by atoms with E-state index < -0.39 is 6.03 Å². The van der Waals surface area contributed by atoms with Crippen LogP contribution < -0.4 is 25.0 Å². The number of carbonyl (C=O) groups excluding carboxylic acids is 2. The lowest BCUT2D eigenvalue weighted by molar-refractivity contribution is -0.117. The van der Waals surface area contributed by atoms with Crippen molar-refractivity contribution in [1.29, 1.82) is 0 Å². The van der Waals surface area contributed by atoms with E-state index in [1.54, 1.807) is 23.1 Å². The van der Waals surface area contributed by atoms with Crippen molar-refractivity contribution in [3.63, 3.8) is 0 Å². The number of aryl methyl sites for hydroxylation is 1. The fourth-order valence-electron chi connectivity index (χ4n) is 3.15. The SMILES string of the molecule is COc1cccc(NC(=O)Nc2ccc(C)c(N3CCCC3=O)c2)c1OC. The highest BCUT2D eigenvalue weighted by Crippen LogP contribution is 2.35. The van der Waals surface area contributed by atoms with Gasteiger partial charge in [-0.05, 0) is 43.2 Å². The molecule has 2 aromatic carbocycles. The van der Waals surface area contributed by atoms with Crippen molar-refractivity contribution >= 4 is 29.0 Å². The maximum Gasteiger partial charge on any atom is 0.323 e. The first-order valence-electron chi connectivity index (χ1n) is 8.73. The smallest absolute Gasteiger partial charge is 0.323 e. The third kappa shape index (κ3) is 3.97. The minimum absolute atomic E-state index is 0.112. The number of para-hydroxylation sites is 1. The molecule has 1 saturated heterocycles. The summed E-state index contributed by atoms with van der Waals surface area (Å²) < 4.78 is 10.6. The molecule has 0 bridgehead atoms. The molecule has 1 aliphatic heterocycles. The van der Waals surface area contributed by atoms with Crippen LogP contribution in [0.1, 0.15) is 18.4 Å². The Hall–Kier alpha value is -3.22. The van der Waals surface area contributed by atoms with Gasteiger partial charge in [-0.2, -0.15) is 0 Å². The number of nitrogens with zero attached hydrogens (tertiary/aromatic N) is 1. The fraction of sp³-hybridized carbons (Fsp3) is 0.300. The molecular formula is C20H23N3O4. The lowest BCUT2D eigenvalue weighted by atomic mass is 10.1. The van der Waals surface area contributed by atoms with Crippen LogP contribution in [0, 0.1) is 6.92 Å². The van der Waals surface area contributed by atoms with Crippen LogP contribution in [0.15, 0.2) is 36.4 Å². The predicted molar refractivity (Wildman–Crippen MR) is 105 cm³/mol. The zero-order valence-electron chi connectivity index (χ0n) is 15.7. The summed E-state index contributed by atoms with van der Waals surface area (Å²) in [6.07, 6.45) is 1.42. The highest BCUT2D eigenvalue weighted by Gasteiger charge is 2.23. The molecule has 1 fully saturated rings. The van der Waals surface area contributed by atoms with Crippen LogP contribution >= 0.6 is 0 Å². The summed E-state index contributed by atoms with van der Waals surface area (Å²) in [4.78, 5) is 26.2. The van der Waals surface area contributed by atoms with Crippen molar-refractivity contribution in [3.05, 3.63) is 42.0 Å². The zero-order chi connectivity index (χ0) is 19.4. The van der Waals surface area contributed by atoms with Crippen molar-refractivity contribution in [2.45, 2.75) is 19.8 Å². The van der Waals surface area contributed by atoms with E-state index in [0.717, 1.165) is 17.7 Å². The van der Waals surface area contributed by atoms with Gasteiger partial charge in [-0.25, -0.2) is 4.79 Å². The van der Waals surface area contributed by atoms with Gasteiger partial charge in [0, 0.05) is 24.3 Å². The van der Waals surface area contributed by atoms with Gasteiger partial charge in [0.05, 0.1) is 19.9 Å². The van der Waals surface area contributed by atoms with Crippen LogP contribution in [0.4, 0.5) is 21.9 Å². The topological polar surface area (TPSA) is 79.9 Å². The summed E-state index contributed by atoms with van der Waals surface area (Å²) in [5, 5.41) is 5.56. The molecule has 1 aliphatic rings. The Balaban J connectivity index is 1.76. The van der Waals surface area contributed by atoms with Gasteiger partial charge in [0.1, 0.15) is 0 Å². The molecule has 142 valence electrons. The summed E-state index contributed by atoms with van der Waals surface area (Å²) in [6.45, 7) is 2.65. The third-order valence-corrected chi connectivity index (χ3v) is 4.48. The third-order valence-electron chi connectivity index (χ3n) is 4.48. The molecular weight excluding hydrogens is 346 g/mol. The lowest BCUT2D eigenvalue weighted by Gasteiger charge is -2.20. The summed E-state index contributed by atoms with van der Waals surface area (Å²) in [7, 11) is 3.05. The molecule has 7 heteroatoms. The number of anilines is 3. The number of amides is 3. The van der Waals surface area contributed by atoms with Crippen LogP contribution in [0.3, 0.4) is 0 Å². The van der Waals surface area contributed by atoms with E-state index in [9.17, 15) is 9.59 Å². The lowest BCUT2D eigenvalue weighted by Crippen LogP contribution is -2.25. The quantitative estimate of drug-likeness (QED) is 0.840. The number of rotatable bonds is 5. The van der Waals surface area contributed by atoms with Crippen LogP contribution in [0.5, 0.6) is 11.5 Å². The van der Waals surface area contributed by atoms with Gasteiger partial charge < -0.3 is 25.0 Å². The van der Waals surface area contributed by atoms with Crippen LogP contribution in [-0.2, 0) is 4.79 Å². The Bertz CT molecular complexity index is 866. The molecule has 2 aromatic rings. The molecule has 0 aromatic heterocycles. The molecule has 0 saturated carbocycles. The molecule has 27 heavy (non-hydrogen) atoms. The summed E-state index contributed by atoms with van der Waals surface area (Å²) in [5.74, 6) is 1.09. The Kier molecular flexibility index (Phi) is 5.49. The van der Waals surface area contributed by atoms with Gasteiger partial charge in [0.2, 0.25) is 5.91 Å². The molecule has 3 amide bonds. The van der Waals surface area contributed by atoms with E-state index in [4.69, 9.17) is 9.47 Å². The molecule has 7 nitrogen and oxygen atoms in total. The Morgan fingerprint density at radius 2 is 1.93 bits per heavy atom. The van der Waals surface area contributed by atoms with Crippen molar-refractivity contribution in [1.82, 2.24) is 0 Å². The van der Waals surface area contributed by atoms with Crippen molar-refractivity contribution in [2.75, 3.05) is 36.3 Å². The summed E-state index contributed by atoms with van der Waals surface area (Å²) in [5.41, 5.74) is 2.92. The van der Waals surface area contributed by atoms with Crippen LogP contribution in [0.25, 0.3) is 0 Å². The second kappa shape index (κ2) is 7.99. The molecule has 0 radical (unpaired) electrons. The van der Waals surface area contributed by atoms with Gasteiger partial charge in [-0.1, -0.05) is 12.1 Å². The molecule has 0 unspecified atom stereocenters. The van der Waals surface area contributed by atoms with Crippen LogP contribution in [0.2, 0.25) is 0 Å². The summed E-state index contributed by atoms with van der Waals surface area (Å²) in [6, 6.07) is 10.3. The molecule has 1 heterocycles. The predicted octanol–water partition coefficient (Wildman–Crippen LogP) is 3.78. The first kappa shape index (κ1) is 18.6. The first-order chi connectivity index (χ1) is 13.0. The van der Waals surface area contributed by atoms with E-state index in [-0.39, 0.29) is 5.91 Å². The molecule has 3 rings (SSSR count). The Morgan fingerprint density at radius 3 is 2.59 bits per heavy atom. The number of hydrogen-bond donors (Lipinski definition) is 2. The van der Waals surface area contributed by atoms with Crippen molar-refractivity contribution in [3.8, 4) is 11.5 Å². The Labute approximate surface area is 158 Å². The fourth-order valence-corrected chi connectivity index (χ4v) is 3.15. The number of nitrogens with one attached hydrogen (secondary N) is 2. The highest BCUT2D eigenvalue weighted by atomic mass is 16.5. The molecule has 2 N–H and O–H groups in total. The van der Waals surface area contributed by atoms with Gasteiger partial charge >= 0.3 is 6.03 Å². The van der Waals surface area contributed by atoms with Gasteiger partial charge in [-0.3, -0.25) is 4.79 Å². The number of urea groups is 1. The number of methoxy groups -OCH3 is 2. The molecule has 0 spiro atoms. The van der Waals surface area contributed by atoms with Gasteiger partial charge in [0.25, 0.3) is 0 Å². The number of ether oxygens (including phenoxy) is 2. The van der Waals surface area contributed by atoms with E-state index in [2.05, 4.69) is 10.6 Å². The number of benzene rings is 2. The normalized spacial score (nSPS) is 13.4. The minimum atomic E-state index is -0.413. The second-order valence-electron chi connectivity index (χ2n) is 6.27. The minimum Gasteiger partial charge on any atom is -0.493 e. The van der Waals surface area contributed by atoms with Gasteiger partial charge in [0.15, 0.2) is 11.5 Å². The number of carbonyl (C=O) groups is 2.